The number of benzene rings is 2. The number of allylic oxidation sites excluding steroid dienone is 1. The van der Waals surface area contributed by atoms with Crippen molar-refractivity contribution in [3.63, 3.8) is 0 Å². The van der Waals surface area contributed by atoms with E-state index in [1.165, 1.54) is 0 Å². The number of halogens is 1. The van der Waals surface area contributed by atoms with Crippen molar-refractivity contribution in [2.45, 2.75) is 0 Å². The molecule has 0 bridgehead atoms. The van der Waals surface area contributed by atoms with Crippen LogP contribution in [0.25, 0.3) is 6.08 Å². The summed E-state index contributed by atoms with van der Waals surface area (Å²) in [6.07, 6.45) is 5.79. The minimum atomic E-state index is -0.914. The topological polar surface area (TPSA) is 37.3 Å². The first kappa shape index (κ1) is 13.4. The molecule has 2 nitrogen and oxygen atoms in total. The quantitative estimate of drug-likeness (QED) is 0.900. The predicted molar refractivity (Wildman–Crippen MR) is 77.3 cm³/mol. The number of rotatable bonds is 4. The Bertz CT molecular complexity index is 583. The Hall–Kier alpha value is -2.06. The Labute approximate surface area is 117 Å². The predicted octanol–water partition coefficient (Wildman–Crippen LogP) is 4.30. The summed E-state index contributed by atoms with van der Waals surface area (Å²) in [5.41, 5.74) is 2.30. The van der Waals surface area contributed by atoms with Crippen molar-refractivity contribution in [2.75, 3.05) is 0 Å². The first-order valence-corrected chi connectivity index (χ1v) is 6.13. The van der Waals surface area contributed by atoms with Gasteiger partial charge in [-0.1, -0.05) is 48.0 Å². The molecule has 19 heavy (non-hydrogen) atoms. The molecule has 0 aliphatic rings. The van der Waals surface area contributed by atoms with Crippen molar-refractivity contribution in [3.05, 3.63) is 82.7 Å². The van der Waals surface area contributed by atoms with Gasteiger partial charge in [-0.15, -0.1) is 0 Å². The number of hydrogen-bond donors (Lipinski definition) is 1. The molecule has 0 aliphatic heterocycles. The molecular formula is C16H12ClO2. The molecule has 2 rings (SSSR count). The summed E-state index contributed by atoms with van der Waals surface area (Å²) in [5, 5.41) is 9.50. The monoisotopic (exact) mass is 271 g/mol. The third-order valence-electron chi connectivity index (χ3n) is 2.60. The standard InChI is InChI=1S/C16H12ClO2/c17-15-10-6-13(7-11-15)3-1-2-12-4-8-14(9-5-12)16(18)19/h1-11H,(H,18,19)/b2-1+. The van der Waals surface area contributed by atoms with Gasteiger partial charge in [-0.25, -0.2) is 4.79 Å². The fourth-order valence-corrected chi connectivity index (χ4v) is 1.71. The molecule has 0 fully saturated rings. The molecule has 0 saturated heterocycles. The van der Waals surface area contributed by atoms with Crippen molar-refractivity contribution in [3.8, 4) is 0 Å². The second kappa shape index (κ2) is 6.21. The molecule has 2 aromatic rings. The lowest BCUT2D eigenvalue weighted by Crippen LogP contribution is -1.94. The Kier molecular flexibility index (Phi) is 4.37. The van der Waals surface area contributed by atoms with E-state index in [0.717, 1.165) is 11.1 Å². The van der Waals surface area contributed by atoms with Crippen molar-refractivity contribution in [2.24, 2.45) is 0 Å². The van der Waals surface area contributed by atoms with Gasteiger partial charge in [0.2, 0.25) is 0 Å². The van der Waals surface area contributed by atoms with E-state index in [1.54, 1.807) is 24.3 Å². The molecule has 1 radical (unpaired) electrons. The van der Waals surface area contributed by atoms with Gasteiger partial charge in [0.15, 0.2) is 0 Å². The number of aromatic carboxylic acids is 1. The summed E-state index contributed by atoms with van der Waals surface area (Å²) < 4.78 is 0. The zero-order valence-electron chi connectivity index (χ0n) is 10.1. The molecule has 0 unspecified atom stereocenters. The summed E-state index contributed by atoms with van der Waals surface area (Å²) in [4.78, 5) is 10.7. The Morgan fingerprint density at radius 2 is 1.53 bits per heavy atom. The molecule has 0 aromatic heterocycles. The van der Waals surface area contributed by atoms with Crippen LogP contribution >= 0.6 is 11.6 Å². The molecule has 0 heterocycles. The van der Waals surface area contributed by atoms with Gasteiger partial charge in [0.25, 0.3) is 0 Å². The van der Waals surface area contributed by atoms with E-state index >= 15 is 0 Å². The lowest BCUT2D eigenvalue weighted by Gasteiger charge is -1.97. The minimum Gasteiger partial charge on any atom is -0.478 e. The molecule has 95 valence electrons. The van der Waals surface area contributed by atoms with Gasteiger partial charge in [-0.05, 0) is 35.4 Å². The van der Waals surface area contributed by atoms with Crippen LogP contribution in [0.4, 0.5) is 0 Å². The molecule has 0 aliphatic carbocycles. The number of hydrogen-bond acceptors (Lipinski definition) is 1. The molecule has 0 spiro atoms. The average Bonchev–Trinajstić information content (AvgIpc) is 2.41. The maximum absolute atomic E-state index is 10.7. The van der Waals surface area contributed by atoms with Crippen molar-refractivity contribution < 1.29 is 9.90 Å². The van der Waals surface area contributed by atoms with E-state index in [9.17, 15) is 4.79 Å². The van der Waals surface area contributed by atoms with Gasteiger partial charge < -0.3 is 5.11 Å². The van der Waals surface area contributed by atoms with Gasteiger partial charge in [-0.3, -0.25) is 0 Å². The molecule has 2 aromatic carbocycles. The van der Waals surface area contributed by atoms with E-state index in [-0.39, 0.29) is 0 Å². The number of carboxylic acid groups (broad SMARTS) is 1. The lowest BCUT2D eigenvalue weighted by atomic mass is 10.1. The van der Waals surface area contributed by atoms with Crippen LogP contribution in [0.2, 0.25) is 5.02 Å². The first-order valence-electron chi connectivity index (χ1n) is 5.75. The van der Waals surface area contributed by atoms with Gasteiger partial charge in [-0.2, -0.15) is 0 Å². The lowest BCUT2D eigenvalue weighted by molar-refractivity contribution is 0.0697. The maximum Gasteiger partial charge on any atom is 0.335 e. The zero-order valence-corrected chi connectivity index (χ0v) is 10.8. The van der Waals surface area contributed by atoms with E-state index in [4.69, 9.17) is 16.7 Å². The fraction of sp³-hybridized carbons (Fsp3) is 0. The van der Waals surface area contributed by atoms with Crippen LogP contribution in [0.1, 0.15) is 21.5 Å². The third-order valence-corrected chi connectivity index (χ3v) is 2.86. The first-order chi connectivity index (χ1) is 9.15. The fourth-order valence-electron chi connectivity index (χ4n) is 1.58. The van der Waals surface area contributed by atoms with Gasteiger partial charge in [0.05, 0.1) is 5.56 Å². The van der Waals surface area contributed by atoms with E-state index in [0.29, 0.717) is 10.6 Å². The van der Waals surface area contributed by atoms with Crippen molar-refractivity contribution >= 4 is 23.6 Å². The molecule has 1 N–H and O–H groups in total. The smallest absolute Gasteiger partial charge is 0.335 e. The third kappa shape index (κ3) is 3.97. The highest BCUT2D eigenvalue weighted by Gasteiger charge is 1.99. The SMILES string of the molecule is O=C(O)c1ccc(/C=C/[CH]c2ccc(Cl)cc2)cc1. The number of carbonyl (C=O) groups is 1. The summed E-state index contributed by atoms with van der Waals surface area (Å²) in [5.74, 6) is -0.914. The highest BCUT2D eigenvalue weighted by atomic mass is 35.5. The normalized spacial score (nSPS) is 10.8. The molecule has 3 heteroatoms. The van der Waals surface area contributed by atoms with Gasteiger partial charge in [0, 0.05) is 11.4 Å². The second-order valence-corrected chi connectivity index (χ2v) is 4.44. The summed E-state index contributed by atoms with van der Waals surface area (Å²) in [6, 6.07) is 14.3. The van der Waals surface area contributed by atoms with Crippen molar-refractivity contribution in [1.29, 1.82) is 0 Å². The van der Waals surface area contributed by atoms with E-state index in [2.05, 4.69) is 0 Å². The molecule has 0 atom stereocenters. The van der Waals surface area contributed by atoms with E-state index in [1.807, 2.05) is 42.8 Å². The number of carboxylic acids is 1. The Morgan fingerprint density at radius 1 is 0.947 bits per heavy atom. The largest absolute Gasteiger partial charge is 0.478 e. The molecule has 0 saturated carbocycles. The minimum absolute atomic E-state index is 0.291. The second-order valence-electron chi connectivity index (χ2n) is 4.00. The van der Waals surface area contributed by atoms with Crippen LogP contribution in [-0.2, 0) is 0 Å². The highest BCUT2D eigenvalue weighted by Crippen LogP contribution is 2.12. The van der Waals surface area contributed by atoms with Crippen LogP contribution in [0, 0.1) is 6.42 Å². The summed E-state index contributed by atoms with van der Waals surface area (Å²) in [7, 11) is 0. The van der Waals surface area contributed by atoms with Crippen LogP contribution in [-0.4, -0.2) is 11.1 Å². The maximum atomic E-state index is 10.7. The van der Waals surface area contributed by atoms with Crippen LogP contribution in [0.5, 0.6) is 0 Å². The molecule has 0 amide bonds. The Morgan fingerprint density at radius 3 is 2.11 bits per heavy atom. The average molecular weight is 272 g/mol. The highest BCUT2D eigenvalue weighted by molar-refractivity contribution is 6.30. The van der Waals surface area contributed by atoms with Gasteiger partial charge >= 0.3 is 5.97 Å². The zero-order chi connectivity index (χ0) is 13.7. The summed E-state index contributed by atoms with van der Waals surface area (Å²) >= 11 is 5.80. The Balaban J connectivity index is 1.98. The van der Waals surface area contributed by atoms with Crippen LogP contribution in [0.3, 0.4) is 0 Å². The summed E-state index contributed by atoms with van der Waals surface area (Å²) in [6.45, 7) is 0. The molecular weight excluding hydrogens is 260 g/mol. The van der Waals surface area contributed by atoms with E-state index < -0.39 is 5.97 Å². The van der Waals surface area contributed by atoms with Crippen LogP contribution < -0.4 is 0 Å². The van der Waals surface area contributed by atoms with Crippen molar-refractivity contribution in [1.82, 2.24) is 0 Å². The van der Waals surface area contributed by atoms with Crippen LogP contribution in [0.15, 0.2) is 54.6 Å². The van der Waals surface area contributed by atoms with Gasteiger partial charge in [0.1, 0.15) is 0 Å².